The smallest absolute Gasteiger partial charge is 0.306 e. The summed E-state index contributed by atoms with van der Waals surface area (Å²) < 4.78 is 16.9. The summed E-state index contributed by atoms with van der Waals surface area (Å²) >= 11 is 0. The molecule has 0 fully saturated rings. The zero-order chi connectivity index (χ0) is 56.4. The predicted octanol–water partition coefficient (Wildman–Crippen LogP) is 22.8. The second-order valence-corrected chi connectivity index (χ2v) is 22.0. The fourth-order valence-electron chi connectivity index (χ4n) is 9.37. The van der Waals surface area contributed by atoms with Gasteiger partial charge in [-0.1, -0.05) is 304 Å². The standard InChI is InChI=1S/C72H124O6/c1-4-7-10-13-16-19-22-25-28-31-33-35-36-38-39-41-44-47-50-53-56-59-62-65-71(74)77-68-69(67-76-70(73)64-61-58-55-52-49-46-43-30-27-24-21-18-15-12-9-6-3)78-72(75)66-63-60-57-54-51-48-45-42-40-37-34-32-29-26-23-20-17-14-11-8-5-2/h7,10,16,19,25,28,32-35,38-39,44,47,53,56,69H,4-6,8-9,11-15,17-18,20-24,26-27,29-31,36-37,40-43,45-46,48-52,54-55,57-68H2,1-3H3/b10-7-,19-16-,28-25-,34-32-,35-33-,39-38-,47-44-,56-53-. The monoisotopic (exact) mass is 1080 g/mol. The molecular formula is C72H124O6. The van der Waals surface area contributed by atoms with Gasteiger partial charge in [-0.25, -0.2) is 0 Å². The summed E-state index contributed by atoms with van der Waals surface area (Å²) in [7, 11) is 0. The van der Waals surface area contributed by atoms with Crippen molar-refractivity contribution in [1.82, 2.24) is 0 Å². The molecule has 0 aliphatic rings. The molecule has 1 atom stereocenters. The third-order valence-corrected chi connectivity index (χ3v) is 14.3. The zero-order valence-corrected chi connectivity index (χ0v) is 51.4. The zero-order valence-electron chi connectivity index (χ0n) is 51.4. The van der Waals surface area contributed by atoms with E-state index in [1.807, 2.05) is 0 Å². The number of carbonyl (C=O) groups excluding carboxylic acids is 3. The molecule has 6 heteroatoms. The fraction of sp³-hybridized carbons (Fsp3) is 0.736. The Morgan fingerprint density at radius 1 is 0.269 bits per heavy atom. The second kappa shape index (κ2) is 65.8. The van der Waals surface area contributed by atoms with Gasteiger partial charge < -0.3 is 14.2 Å². The summed E-state index contributed by atoms with van der Waals surface area (Å²) in [4.78, 5) is 38.4. The lowest BCUT2D eigenvalue weighted by molar-refractivity contribution is -0.167. The maximum Gasteiger partial charge on any atom is 0.306 e. The van der Waals surface area contributed by atoms with Crippen molar-refractivity contribution in [2.24, 2.45) is 0 Å². The molecule has 0 N–H and O–H groups in total. The van der Waals surface area contributed by atoms with E-state index in [9.17, 15) is 14.4 Å². The van der Waals surface area contributed by atoms with Gasteiger partial charge in [0.15, 0.2) is 6.10 Å². The third kappa shape index (κ3) is 63.2. The van der Waals surface area contributed by atoms with Crippen LogP contribution in [0.5, 0.6) is 0 Å². The number of allylic oxidation sites excluding steroid dienone is 16. The Labute approximate surface area is 483 Å². The molecule has 0 saturated heterocycles. The first kappa shape index (κ1) is 74.3. The lowest BCUT2D eigenvalue weighted by atomic mass is 10.0. The third-order valence-electron chi connectivity index (χ3n) is 14.3. The Balaban J connectivity index is 4.46. The summed E-state index contributed by atoms with van der Waals surface area (Å²) in [5, 5.41) is 0. The molecule has 0 rings (SSSR count). The van der Waals surface area contributed by atoms with E-state index in [1.54, 1.807) is 0 Å². The molecule has 0 aromatic rings. The summed E-state index contributed by atoms with van der Waals surface area (Å²) in [6.07, 6.45) is 88.5. The Morgan fingerprint density at radius 2 is 0.513 bits per heavy atom. The molecule has 78 heavy (non-hydrogen) atoms. The van der Waals surface area contributed by atoms with E-state index in [0.717, 1.165) is 89.9 Å². The predicted molar refractivity (Wildman–Crippen MR) is 339 cm³/mol. The first-order chi connectivity index (χ1) is 38.5. The summed E-state index contributed by atoms with van der Waals surface area (Å²) in [5.74, 6) is -0.944. The number of ether oxygens (including phenoxy) is 3. The van der Waals surface area contributed by atoms with Crippen LogP contribution >= 0.6 is 0 Å². The molecule has 0 heterocycles. The van der Waals surface area contributed by atoms with E-state index in [1.165, 1.54) is 186 Å². The van der Waals surface area contributed by atoms with Crippen LogP contribution in [0.15, 0.2) is 97.2 Å². The van der Waals surface area contributed by atoms with E-state index >= 15 is 0 Å². The maximum absolute atomic E-state index is 12.9. The minimum Gasteiger partial charge on any atom is -0.462 e. The highest BCUT2D eigenvalue weighted by Crippen LogP contribution is 2.17. The number of esters is 3. The van der Waals surface area contributed by atoms with Crippen molar-refractivity contribution in [2.75, 3.05) is 13.2 Å². The van der Waals surface area contributed by atoms with Crippen LogP contribution in [0, 0.1) is 0 Å². The van der Waals surface area contributed by atoms with Gasteiger partial charge in [0, 0.05) is 19.3 Å². The molecule has 0 aromatic heterocycles. The van der Waals surface area contributed by atoms with Gasteiger partial charge in [0.2, 0.25) is 0 Å². The minimum absolute atomic E-state index is 0.0936. The van der Waals surface area contributed by atoms with Crippen molar-refractivity contribution < 1.29 is 28.6 Å². The average Bonchev–Trinajstić information content (AvgIpc) is 3.44. The van der Waals surface area contributed by atoms with E-state index in [4.69, 9.17) is 14.2 Å². The topological polar surface area (TPSA) is 78.9 Å². The normalized spacial score (nSPS) is 12.7. The lowest BCUT2D eigenvalue weighted by Crippen LogP contribution is -2.30. The fourth-order valence-corrected chi connectivity index (χ4v) is 9.37. The van der Waals surface area contributed by atoms with Crippen molar-refractivity contribution in [3.05, 3.63) is 97.2 Å². The van der Waals surface area contributed by atoms with Crippen LogP contribution in [0.2, 0.25) is 0 Å². The molecule has 0 saturated carbocycles. The SMILES string of the molecule is CC/C=C\C/C=C\C/C=C\C/C=C\C/C=C\C/C=C\C/C=C\CCCC(=O)OCC(COC(=O)CCCCCCCCCCCCCCCCCC)OC(=O)CCCCCCCCCCC/C=C\CCCCCCCCCC. The molecular weight excluding hydrogens is 961 g/mol. The largest absolute Gasteiger partial charge is 0.462 e. The van der Waals surface area contributed by atoms with Crippen molar-refractivity contribution in [3.8, 4) is 0 Å². The number of hydrogen-bond acceptors (Lipinski definition) is 6. The van der Waals surface area contributed by atoms with Crippen LogP contribution in [0.4, 0.5) is 0 Å². The highest BCUT2D eigenvalue weighted by molar-refractivity contribution is 5.71. The van der Waals surface area contributed by atoms with Crippen molar-refractivity contribution in [1.29, 1.82) is 0 Å². The van der Waals surface area contributed by atoms with Crippen molar-refractivity contribution >= 4 is 17.9 Å². The van der Waals surface area contributed by atoms with Crippen molar-refractivity contribution in [3.63, 3.8) is 0 Å². The first-order valence-corrected chi connectivity index (χ1v) is 33.2. The molecule has 6 nitrogen and oxygen atoms in total. The van der Waals surface area contributed by atoms with Crippen LogP contribution in [0.1, 0.15) is 323 Å². The van der Waals surface area contributed by atoms with Crippen LogP contribution < -0.4 is 0 Å². The Hall–Kier alpha value is -3.67. The van der Waals surface area contributed by atoms with Crippen molar-refractivity contribution in [2.45, 2.75) is 329 Å². The van der Waals surface area contributed by atoms with Gasteiger partial charge in [-0.3, -0.25) is 14.4 Å². The van der Waals surface area contributed by atoms with E-state index < -0.39 is 6.10 Å². The van der Waals surface area contributed by atoms with E-state index in [-0.39, 0.29) is 37.5 Å². The molecule has 0 aliphatic heterocycles. The maximum atomic E-state index is 12.9. The summed E-state index contributed by atoms with van der Waals surface area (Å²) in [5.41, 5.74) is 0. The van der Waals surface area contributed by atoms with E-state index in [0.29, 0.717) is 19.3 Å². The van der Waals surface area contributed by atoms with Crippen LogP contribution in [-0.4, -0.2) is 37.2 Å². The molecule has 0 bridgehead atoms. The minimum atomic E-state index is -0.803. The van der Waals surface area contributed by atoms with Gasteiger partial charge in [-0.2, -0.15) is 0 Å². The van der Waals surface area contributed by atoms with E-state index in [2.05, 4.69) is 118 Å². The molecule has 0 amide bonds. The number of rotatable bonds is 60. The molecule has 0 spiro atoms. The van der Waals surface area contributed by atoms with Gasteiger partial charge in [-0.05, 0) is 96.3 Å². The molecule has 0 radical (unpaired) electrons. The number of hydrogen-bond donors (Lipinski definition) is 0. The van der Waals surface area contributed by atoms with Gasteiger partial charge in [0.1, 0.15) is 13.2 Å². The number of unbranched alkanes of at least 4 members (excludes halogenated alkanes) is 33. The highest BCUT2D eigenvalue weighted by Gasteiger charge is 2.19. The summed E-state index contributed by atoms with van der Waals surface area (Å²) in [6.45, 7) is 6.52. The number of carbonyl (C=O) groups is 3. The summed E-state index contributed by atoms with van der Waals surface area (Å²) in [6, 6.07) is 0. The average molecular weight is 1090 g/mol. The van der Waals surface area contributed by atoms with Gasteiger partial charge in [0.25, 0.3) is 0 Å². The van der Waals surface area contributed by atoms with Gasteiger partial charge in [-0.15, -0.1) is 0 Å². The molecule has 0 aliphatic carbocycles. The van der Waals surface area contributed by atoms with Gasteiger partial charge >= 0.3 is 17.9 Å². The van der Waals surface area contributed by atoms with Crippen LogP contribution in [0.25, 0.3) is 0 Å². The van der Waals surface area contributed by atoms with Gasteiger partial charge in [0.05, 0.1) is 0 Å². The Kier molecular flexibility index (Phi) is 62.7. The molecule has 448 valence electrons. The lowest BCUT2D eigenvalue weighted by Gasteiger charge is -2.18. The molecule has 1 unspecified atom stereocenters. The van der Waals surface area contributed by atoms with Crippen LogP contribution in [-0.2, 0) is 28.6 Å². The van der Waals surface area contributed by atoms with Crippen LogP contribution in [0.3, 0.4) is 0 Å². The second-order valence-electron chi connectivity index (χ2n) is 22.0. The molecule has 0 aromatic carbocycles. The highest BCUT2D eigenvalue weighted by atomic mass is 16.6. The Morgan fingerprint density at radius 3 is 0.846 bits per heavy atom. The quantitative estimate of drug-likeness (QED) is 0.0261. The first-order valence-electron chi connectivity index (χ1n) is 33.2. The Bertz CT molecular complexity index is 1530.